The number of hydrogen-bond donors (Lipinski definition) is 0. The summed E-state index contributed by atoms with van der Waals surface area (Å²) in [7, 11) is 0. The van der Waals surface area contributed by atoms with Crippen LogP contribution in [0.25, 0.3) is 0 Å². The van der Waals surface area contributed by atoms with Crippen LogP contribution < -0.4 is 0 Å². The molecule has 86 valence electrons. The second kappa shape index (κ2) is 4.77. The zero-order valence-corrected chi connectivity index (χ0v) is 9.58. The molecule has 2 heteroatoms. The molecular formula is C14H17FO. The Kier molecular flexibility index (Phi) is 3.37. The first kappa shape index (κ1) is 11.3. The van der Waals surface area contributed by atoms with E-state index in [1.54, 1.807) is 0 Å². The number of ketones is 1. The van der Waals surface area contributed by atoms with E-state index >= 15 is 0 Å². The SMILES string of the molecule is CCC(=O)C1CCCC1c1ccc(F)cc1. The maximum atomic E-state index is 12.8. The fraction of sp³-hybridized carbons (Fsp3) is 0.500. The van der Waals surface area contributed by atoms with Gasteiger partial charge in [-0.1, -0.05) is 25.5 Å². The molecule has 1 nitrogen and oxygen atoms in total. The molecule has 1 aliphatic rings. The third-order valence-electron chi connectivity index (χ3n) is 3.58. The maximum absolute atomic E-state index is 12.8. The van der Waals surface area contributed by atoms with Gasteiger partial charge in [-0.3, -0.25) is 4.79 Å². The minimum atomic E-state index is -0.208. The summed E-state index contributed by atoms with van der Waals surface area (Å²) in [6.07, 6.45) is 3.78. The molecular weight excluding hydrogens is 203 g/mol. The van der Waals surface area contributed by atoms with Crippen LogP contribution >= 0.6 is 0 Å². The van der Waals surface area contributed by atoms with E-state index in [0.29, 0.717) is 18.1 Å². The van der Waals surface area contributed by atoms with Crippen molar-refractivity contribution in [3.05, 3.63) is 35.6 Å². The van der Waals surface area contributed by atoms with Crippen molar-refractivity contribution in [1.29, 1.82) is 0 Å². The van der Waals surface area contributed by atoms with Crippen molar-refractivity contribution in [2.45, 2.75) is 38.5 Å². The van der Waals surface area contributed by atoms with Crippen molar-refractivity contribution in [2.75, 3.05) is 0 Å². The van der Waals surface area contributed by atoms with E-state index in [0.717, 1.165) is 24.8 Å². The lowest BCUT2D eigenvalue weighted by atomic mass is 9.85. The van der Waals surface area contributed by atoms with Crippen molar-refractivity contribution in [3.63, 3.8) is 0 Å². The summed E-state index contributed by atoms with van der Waals surface area (Å²) in [6, 6.07) is 6.62. The molecule has 2 rings (SSSR count). The van der Waals surface area contributed by atoms with Gasteiger partial charge in [-0.25, -0.2) is 4.39 Å². The molecule has 0 spiro atoms. The molecule has 0 heterocycles. The van der Waals surface area contributed by atoms with Crippen LogP contribution in [0.4, 0.5) is 4.39 Å². The van der Waals surface area contributed by atoms with Crippen molar-refractivity contribution < 1.29 is 9.18 Å². The average molecular weight is 220 g/mol. The van der Waals surface area contributed by atoms with Crippen LogP contribution in [0.2, 0.25) is 0 Å². The van der Waals surface area contributed by atoms with Crippen molar-refractivity contribution in [3.8, 4) is 0 Å². The van der Waals surface area contributed by atoms with Gasteiger partial charge in [-0.2, -0.15) is 0 Å². The summed E-state index contributed by atoms with van der Waals surface area (Å²) >= 11 is 0. The lowest BCUT2D eigenvalue weighted by Gasteiger charge is -2.18. The summed E-state index contributed by atoms with van der Waals surface area (Å²) in [4.78, 5) is 11.8. The van der Waals surface area contributed by atoms with Gasteiger partial charge in [-0.15, -0.1) is 0 Å². The van der Waals surface area contributed by atoms with Crippen LogP contribution in [0.15, 0.2) is 24.3 Å². The second-order valence-corrected chi connectivity index (χ2v) is 4.52. The number of carbonyl (C=O) groups excluding carboxylic acids is 1. The maximum Gasteiger partial charge on any atom is 0.136 e. The predicted octanol–water partition coefficient (Wildman–Crippen LogP) is 3.69. The number of benzene rings is 1. The number of rotatable bonds is 3. The Hall–Kier alpha value is -1.18. The molecule has 0 N–H and O–H groups in total. The molecule has 0 saturated heterocycles. The lowest BCUT2D eigenvalue weighted by molar-refractivity contribution is -0.122. The smallest absolute Gasteiger partial charge is 0.136 e. The van der Waals surface area contributed by atoms with Crippen LogP contribution in [0.3, 0.4) is 0 Å². The third kappa shape index (κ3) is 2.16. The van der Waals surface area contributed by atoms with Gasteiger partial charge in [0.05, 0.1) is 0 Å². The van der Waals surface area contributed by atoms with E-state index in [1.165, 1.54) is 12.1 Å². The second-order valence-electron chi connectivity index (χ2n) is 4.52. The summed E-state index contributed by atoms with van der Waals surface area (Å²) in [5, 5.41) is 0. The van der Waals surface area contributed by atoms with Gasteiger partial charge in [0.15, 0.2) is 0 Å². The van der Waals surface area contributed by atoms with E-state index in [1.807, 2.05) is 19.1 Å². The van der Waals surface area contributed by atoms with Gasteiger partial charge in [0, 0.05) is 12.3 Å². The van der Waals surface area contributed by atoms with Crippen LogP contribution in [-0.2, 0) is 4.79 Å². The highest BCUT2D eigenvalue weighted by molar-refractivity contribution is 5.82. The quantitative estimate of drug-likeness (QED) is 0.759. The lowest BCUT2D eigenvalue weighted by Crippen LogP contribution is -2.16. The van der Waals surface area contributed by atoms with Crippen molar-refractivity contribution in [1.82, 2.24) is 0 Å². The zero-order valence-electron chi connectivity index (χ0n) is 9.58. The molecule has 1 saturated carbocycles. The Morgan fingerprint density at radius 3 is 2.62 bits per heavy atom. The molecule has 0 bridgehead atoms. The minimum Gasteiger partial charge on any atom is -0.299 e. The van der Waals surface area contributed by atoms with Gasteiger partial charge in [0.2, 0.25) is 0 Å². The average Bonchev–Trinajstić information content (AvgIpc) is 2.78. The van der Waals surface area contributed by atoms with Crippen LogP contribution in [0, 0.1) is 11.7 Å². The number of carbonyl (C=O) groups is 1. The van der Waals surface area contributed by atoms with Crippen molar-refractivity contribution in [2.24, 2.45) is 5.92 Å². The molecule has 2 atom stereocenters. The molecule has 1 aromatic carbocycles. The van der Waals surface area contributed by atoms with Crippen molar-refractivity contribution >= 4 is 5.78 Å². The molecule has 0 radical (unpaired) electrons. The molecule has 2 unspecified atom stereocenters. The standard InChI is InChI=1S/C14H17FO/c1-2-14(16)13-5-3-4-12(13)10-6-8-11(15)9-7-10/h6-9,12-13H,2-5H2,1H3. The van der Waals surface area contributed by atoms with Crippen LogP contribution in [-0.4, -0.2) is 5.78 Å². The molecule has 1 aromatic rings. The Labute approximate surface area is 95.7 Å². The highest BCUT2D eigenvalue weighted by atomic mass is 19.1. The number of halogens is 1. The Bertz CT molecular complexity index is 369. The highest BCUT2D eigenvalue weighted by Crippen LogP contribution is 2.40. The number of Topliss-reactive ketones (excluding diaryl/α,β-unsaturated/α-hetero) is 1. The zero-order chi connectivity index (χ0) is 11.5. The van der Waals surface area contributed by atoms with E-state index in [4.69, 9.17) is 0 Å². The fourth-order valence-corrected chi connectivity index (χ4v) is 2.72. The Morgan fingerprint density at radius 2 is 2.00 bits per heavy atom. The Morgan fingerprint density at radius 1 is 1.31 bits per heavy atom. The highest BCUT2D eigenvalue weighted by Gasteiger charge is 2.32. The van der Waals surface area contributed by atoms with Gasteiger partial charge >= 0.3 is 0 Å². The number of hydrogen-bond acceptors (Lipinski definition) is 1. The van der Waals surface area contributed by atoms with E-state index < -0.39 is 0 Å². The van der Waals surface area contributed by atoms with Gasteiger partial charge in [0.25, 0.3) is 0 Å². The molecule has 16 heavy (non-hydrogen) atoms. The van der Waals surface area contributed by atoms with E-state index in [9.17, 15) is 9.18 Å². The predicted molar refractivity (Wildman–Crippen MR) is 61.8 cm³/mol. The first-order valence-corrected chi connectivity index (χ1v) is 6.00. The van der Waals surface area contributed by atoms with E-state index in [2.05, 4.69) is 0 Å². The summed E-state index contributed by atoms with van der Waals surface area (Å²) < 4.78 is 12.8. The Balaban J connectivity index is 2.19. The minimum absolute atomic E-state index is 0.162. The summed E-state index contributed by atoms with van der Waals surface area (Å²) in [5.74, 6) is 0.621. The molecule has 1 fully saturated rings. The van der Waals surface area contributed by atoms with Crippen LogP contribution in [0.5, 0.6) is 0 Å². The first-order valence-electron chi connectivity index (χ1n) is 6.00. The fourth-order valence-electron chi connectivity index (χ4n) is 2.72. The molecule has 0 amide bonds. The molecule has 0 aliphatic heterocycles. The third-order valence-corrected chi connectivity index (χ3v) is 3.58. The first-order chi connectivity index (χ1) is 7.72. The van der Waals surface area contributed by atoms with Gasteiger partial charge in [0.1, 0.15) is 11.6 Å². The molecule has 0 aromatic heterocycles. The van der Waals surface area contributed by atoms with Crippen LogP contribution in [0.1, 0.15) is 44.1 Å². The summed E-state index contributed by atoms with van der Waals surface area (Å²) in [5.41, 5.74) is 1.12. The van der Waals surface area contributed by atoms with Gasteiger partial charge < -0.3 is 0 Å². The topological polar surface area (TPSA) is 17.1 Å². The van der Waals surface area contributed by atoms with Gasteiger partial charge in [-0.05, 0) is 36.5 Å². The molecule has 1 aliphatic carbocycles. The normalized spacial score (nSPS) is 24.6. The summed E-state index contributed by atoms with van der Waals surface area (Å²) in [6.45, 7) is 1.92. The largest absolute Gasteiger partial charge is 0.299 e. The monoisotopic (exact) mass is 220 g/mol. The van der Waals surface area contributed by atoms with E-state index in [-0.39, 0.29) is 11.7 Å².